The molecular weight excluding hydrogens is 448 g/mol. The van der Waals surface area contributed by atoms with Crippen LogP contribution in [0.1, 0.15) is 47.6 Å². The highest BCUT2D eigenvalue weighted by molar-refractivity contribution is 5.81. The third-order valence-electron chi connectivity index (χ3n) is 4.79. The Bertz CT molecular complexity index is 969. The fourth-order valence-electron chi connectivity index (χ4n) is 3.01. The summed E-state index contributed by atoms with van der Waals surface area (Å²) < 4.78 is 10.9. The van der Waals surface area contributed by atoms with Crippen LogP contribution in [0.15, 0.2) is 30.5 Å². The van der Waals surface area contributed by atoms with Gasteiger partial charge in [0.25, 0.3) is 0 Å². The topological polar surface area (TPSA) is 123 Å². The second-order valence-electron chi connectivity index (χ2n) is 8.99. The lowest BCUT2D eigenvalue weighted by atomic mass is 10.1. The minimum absolute atomic E-state index is 0. The van der Waals surface area contributed by atoms with E-state index in [4.69, 9.17) is 15.2 Å². The maximum absolute atomic E-state index is 13.0. The molecule has 1 atom stereocenters. The van der Waals surface area contributed by atoms with Crippen molar-refractivity contribution in [1.29, 1.82) is 0 Å². The van der Waals surface area contributed by atoms with Crippen LogP contribution in [-0.2, 0) is 16.0 Å². The number of benzene rings is 1. The predicted octanol–water partition coefficient (Wildman–Crippen LogP) is 3.97. The first-order valence-corrected chi connectivity index (χ1v) is 11.3. The average molecular weight is 489 g/mol. The molecule has 35 heavy (non-hydrogen) atoms. The number of aromatic nitrogens is 2. The van der Waals surface area contributed by atoms with Gasteiger partial charge in [-0.15, -0.1) is 0 Å². The summed E-state index contributed by atoms with van der Waals surface area (Å²) in [6, 6.07) is 6.20. The molecule has 0 aliphatic heterocycles. The number of anilines is 3. The average Bonchev–Trinajstić information content (AvgIpc) is 2.76. The monoisotopic (exact) mass is 488 g/mol. The molecule has 2 rings (SSSR count). The Labute approximate surface area is 208 Å². The molecule has 0 fully saturated rings. The predicted molar refractivity (Wildman–Crippen MR) is 140 cm³/mol. The largest absolute Gasteiger partial charge is 0.458 e. The van der Waals surface area contributed by atoms with Crippen LogP contribution in [0.5, 0.6) is 5.75 Å². The van der Waals surface area contributed by atoms with Crippen LogP contribution in [0.4, 0.5) is 22.2 Å². The zero-order valence-electron chi connectivity index (χ0n) is 21.1. The number of rotatable bonds is 9. The molecule has 0 saturated carbocycles. The zero-order chi connectivity index (χ0) is 25.5. The molecule has 1 heterocycles. The lowest BCUT2D eigenvalue weighted by Gasteiger charge is -2.26. The van der Waals surface area contributed by atoms with Gasteiger partial charge in [-0.05, 0) is 52.3 Å². The molecule has 0 unspecified atom stereocenters. The Hall–Kier alpha value is -3.56. The van der Waals surface area contributed by atoms with Gasteiger partial charge in [0.1, 0.15) is 17.4 Å². The summed E-state index contributed by atoms with van der Waals surface area (Å²) in [6.45, 7) is 10.9. The van der Waals surface area contributed by atoms with Crippen molar-refractivity contribution in [3.05, 3.63) is 36.0 Å². The van der Waals surface area contributed by atoms with Crippen LogP contribution >= 0.6 is 0 Å². The number of esters is 1. The number of hydrogen-bond donors (Lipinski definition) is 2. The number of carbonyl (C=O) groups is 2. The summed E-state index contributed by atoms with van der Waals surface area (Å²) in [5.41, 5.74) is 6.63. The fraction of sp³-hybridized carbons (Fsp3) is 0.520. The van der Waals surface area contributed by atoms with Crippen LogP contribution in [-0.4, -0.2) is 65.8 Å². The van der Waals surface area contributed by atoms with Gasteiger partial charge in [-0.3, -0.25) is 0 Å². The minimum atomic E-state index is -0.754. The molecule has 194 valence electrons. The van der Waals surface area contributed by atoms with Crippen molar-refractivity contribution >= 4 is 29.5 Å². The van der Waals surface area contributed by atoms with Gasteiger partial charge in [0, 0.05) is 33.6 Å². The van der Waals surface area contributed by atoms with Gasteiger partial charge in [-0.25, -0.2) is 14.6 Å². The molecule has 0 radical (unpaired) electrons. The molecule has 0 saturated heterocycles. The number of hydrogen-bond acceptors (Lipinski definition) is 9. The zero-order valence-corrected chi connectivity index (χ0v) is 21.1. The second-order valence-corrected chi connectivity index (χ2v) is 8.99. The third-order valence-corrected chi connectivity index (χ3v) is 4.79. The Morgan fingerprint density at radius 1 is 1.11 bits per heavy atom. The van der Waals surface area contributed by atoms with Crippen molar-refractivity contribution in [1.82, 2.24) is 14.9 Å². The van der Waals surface area contributed by atoms with Gasteiger partial charge >= 0.3 is 12.1 Å². The van der Waals surface area contributed by atoms with E-state index >= 15 is 0 Å². The molecule has 10 heteroatoms. The van der Waals surface area contributed by atoms with E-state index in [9.17, 15) is 9.59 Å². The number of nitrogens with zero attached hydrogens (tertiary/aromatic N) is 4. The molecule has 3 N–H and O–H groups in total. The highest BCUT2D eigenvalue weighted by atomic mass is 16.6. The van der Waals surface area contributed by atoms with Gasteiger partial charge in [0.15, 0.2) is 5.82 Å². The van der Waals surface area contributed by atoms with E-state index < -0.39 is 23.7 Å². The van der Waals surface area contributed by atoms with E-state index in [1.54, 1.807) is 38.4 Å². The summed E-state index contributed by atoms with van der Waals surface area (Å²) in [6.07, 6.45) is 1.37. The molecule has 1 aromatic carbocycles. The molecule has 1 aromatic heterocycles. The lowest BCUT2D eigenvalue weighted by Crippen LogP contribution is -2.38. The molecule has 0 aliphatic carbocycles. The summed E-state index contributed by atoms with van der Waals surface area (Å²) >= 11 is 0. The summed E-state index contributed by atoms with van der Waals surface area (Å²) in [4.78, 5) is 37.0. The summed E-state index contributed by atoms with van der Waals surface area (Å²) in [5.74, 6) is 0.868. The molecular formula is C25H40N6O4. The molecule has 0 bridgehead atoms. The SMILES string of the molecule is C.CCN(CC)c1ncc(N)c(N[C@@H](Cc2ccc(OC(=O)N(C)C)cc2)C(=O)OC(C)(C)C)n1. The van der Waals surface area contributed by atoms with Crippen LogP contribution < -0.4 is 20.7 Å². The fourth-order valence-corrected chi connectivity index (χ4v) is 3.01. The Balaban J connectivity index is 0.00000612. The van der Waals surface area contributed by atoms with E-state index in [1.807, 2.05) is 39.5 Å². The second kappa shape index (κ2) is 12.8. The van der Waals surface area contributed by atoms with Crippen LogP contribution in [0, 0.1) is 0 Å². The quantitative estimate of drug-likeness (QED) is 0.505. The van der Waals surface area contributed by atoms with Crippen molar-refractivity contribution in [2.45, 2.75) is 60.1 Å². The minimum Gasteiger partial charge on any atom is -0.458 e. The number of nitrogen functional groups attached to an aromatic ring is 1. The van der Waals surface area contributed by atoms with Crippen LogP contribution in [0.25, 0.3) is 0 Å². The van der Waals surface area contributed by atoms with Gasteiger partial charge in [-0.2, -0.15) is 4.98 Å². The Morgan fingerprint density at radius 3 is 2.23 bits per heavy atom. The molecule has 1 amide bonds. The van der Waals surface area contributed by atoms with E-state index in [2.05, 4.69) is 15.3 Å². The molecule has 0 spiro atoms. The third kappa shape index (κ3) is 8.95. The first-order valence-electron chi connectivity index (χ1n) is 11.3. The lowest BCUT2D eigenvalue weighted by molar-refractivity contribution is -0.155. The van der Waals surface area contributed by atoms with Crippen molar-refractivity contribution in [3.63, 3.8) is 0 Å². The highest BCUT2D eigenvalue weighted by Crippen LogP contribution is 2.22. The van der Waals surface area contributed by atoms with Gasteiger partial charge in [0.2, 0.25) is 5.95 Å². The maximum atomic E-state index is 13.0. The number of nitrogens with two attached hydrogens (primary N) is 1. The van der Waals surface area contributed by atoms with Crippen molar-refractivity contribution in [2.24, 2.45) is 0 Å². The van der Waals surface area contributed by atoms with Crippen LogP contribution in [0.2, 0.25) is 0 Å². The van der Waals surface area contributed by atoms with Gasteiger partial charge < -0.3 is 30.3 Å². The first kappa shape index (κ1) is 29.5. The Kier molecular flexibility index (Phi) is 10.8. The number of nitrogens with one attached hydrogen (secondary N) is 1. The van der Waals surface area contributed by atoms with Crippen molar-refractivity contribution in [2.75, 3.05) is 43.1 Å². The molecule has 2 aromatic rings. The molecule has 0 aliphatic rings. The Morgan fingerprint density at radius 2 is 1.71 bits per heavy atom. The smallest absolute Gasteiger partial charge is 0.414 e. The van der Waals surface area contributed by atoms with E-state index in [0.717, 1.165) is 18.7 Å². The number of carbonyl (C=O) groups excluding carboxylic acids is 2. The standard InChI is InChI=1S/C24H36N6O4.CH4/c1-8-30(9-2)22-26-15-18(25)20(28-22)27-19(21(31)34-24(3,4)5)14-16-10-12-17(13-11-16)33-23(32)29(6)7;/h10-13,15,19H,8-9,14,25H2,1-7H3,(H,26,27,28);1H4/t19-;/m0./s1. The van der Waals surface area contributed by atoms with Crippen molar-refractivity contribution < 1.29 is 19.1 Å². The van der Waals surface area contributed by atoms with E-state index in [-0.39, 0.29) is 7.43 Å². The maximum Gasteiger partial charge on any atom is 0.414 e. The highest BCUT2D eigenvalue weighted by Gasteiger charge is 2.27. The van der Waals surface area contributed by atoms with E-state index in [1.165, 1.54) is 11.1 Å². The first-order chi connectivity index (χ1) is 15.9. The van der Waals surface area contributed by atoms with E-state index in [0.29, 0.717) is 29.6 Å². The molecule has 10 nitrogen and oxygen atoms in total. The summed E-state index contributed by atoms with van der Waals surface area (Å²) in [5, 5.41) is 3.15. The van der Waals surface area contributed by atoms with Gasteiger partial charge in [0.05, 0.1) is 11.9 Å². The van der Waals surface area contributed by atoms with Gasteiger partial charge in [-0.1, -0.05) is 19.6 Å². The van der Waals surface area contributed by atoms with Crippen LogP contribution in [0.3, 0.4) is 0 Å². The normalized spacial score (nSPS) is 11.6. The van der Waals surface area contributed by atoms with Crippen molar-refractivity contribution in [3.8, 4) is 5.75 Å². The summed E-state index contributed by atoms with van der Waals surface area (Å²) in [7, 11) is 3.22. The number of ether oxygens (including phenoxy) is 2. The number of amides is 1.